The number of hydrogen-bond donors (Lipinski definition) is 1. The van der Waals surface area contributed by atoms with Crippen molar-refractivity contribution in [1.29, 1.82) is 0 Å². The molecule has 0 radical (unpaired) electrons. The Morgan fingerprint density at radius 2 is 1.60 bits per heavy atom. The van der Waals surface area contributed by atoms with Gasteiger partial charge >= 0.3 is 0 Å². The first-order valence-electron chi connectivity index (χ1n) is 9.31. The molecule has 0 aromatic heterocycles. The first-order valence-corrected chi connectivity index (χ1v) is 9.31. The van der Waals surface area contributed by atoms with Crippen LogP contribution in [0.15, 0.2) is 54.6 Å². The van der Waals surface area contributed by atoms with E-state index in [1.807, 2.05) is 61.5 Å². The molecule has 3 nitrogen and oxygen atoms in total. The fourth-order valence-corrected chi connectivity index (χ4v) is 3.31. The lowest BCUT2D eigenvalue weighted by molar-refractivity contribution is 0.0319. The molecular weight excluding hydrogens is 310 g/mol. The van der Waals surface area contributed by atoms with Gasteiger partial charge in [-0.2, -0.15) is 0 Å². The van der Waals surface area contributed by atoms with Crippen molar-refractivity contribution in [2.24, 2.45) is 5.92 Å². The van der Waals surface area contributed by atoms with Gasteiger partial charge in [-0.15, -0.1) is 0 Å². The number of nitrogens with zero attached hydrogens (tertiary/aromatic N) is 1. The molecule has 1 aliphatic heterocycles. The van der Waals surface area contributed by atoms with Crippen LogP contribution in [-0.4, -0.2) is 29.6 Å². The zero-order valence-corrected chi connectivity index (χ0v) is 15.3. The maximum absolute atomic E-state index is 10.9. The molecule has 1 unspecified atom stereocenters. The van der Waals surface area contributed by atoms with Gasteiger partial charge in [0.15, 0.2) is 0 Å². The average Bonchev–Trinajstić information content (AvgIpc) is 2.63. The van der Waals surface area contributed by atoms with Crippen molar-refractivity contribution in [3.05, 3.63) is 60.2 Å². The Morgan fingerprint density at radius 3 is 2.24 bits per heavy atom. The van der Waals surface area contributed by atoms with Gasteiger partial charge in [0.2, 0.25) is 0 Å². The summed E-state index contributed by atoms with van der Waals surface area (Å²) in [6, 6.07) is 17.5. The van der Waals surface area contributed by atoms with Crippen LogP contribution >= 0.6 is 0 Å². The molecule has 3 rings (SSSR count). The monoisotopic (exact) mass is 339 g/mol. The van der Waals surface area contributed by atoms with E-state index in [2.05, 4.69) is 11.8 Å². The molecule has 0 amide bonds. The highest BCUT2D eigenvalue weighted by molar-refractivity contribution is 5.34. The highest BCUT2D eigenvalue weighted by atomic mass is 16.5. The summed E-state index contributed by atoms with van der Waals surface area (Å²) in [4.78, 5) is 2.47. The van der Waals surface area contributed by atoms with Gasteiger partial charge in [-0.05, 0) is 75.0 Å². The lowest BCUT2D eigenvalue weighted by Crippen LogP contribution is -2.36. The van der Waals surface area contributed by atoms with E-state index in [4.69, 9.17) is 4.74 Å². The van der Waals surface area contributed by atoms with Gasteiger partial charge in [-0.3, -0.25) is 0 Å². The van der Waals surface area contributed by atoms with E-state index < -0.39 is 5.60 Å². The molecule has 2 aromatic carbocycles. The first-order chi connectivity index (χ1) is 12.0. The maximum atomic E-state index is 10.9. The number of likely N-dealkylation sites (tertiary alicyclic amines) is 1. The second kappa shape index (κ2) is 8.03. The molecule has 1 fully saturated rings. The number of piperidine rings is 1. The van der Waals surface area contributed by atoms with Crippen LogP contribution in [0.3, 0.4) is 0 Å². The summed E-state index contributed by atoms with van der Waals surface area (Å²) in [6.07, 6.45) is 3.29. The molecule has 0 bridgehead atoms. The van der Waals surface area contributed by atoms with Gasteiger partial charge in [0.25, 0.3) is 0 Å². The SMILES string of the molecule is CC1CCN(CCC(C)(O)c2ccc(Oc3ccccc3)cc2)CC1. The lowest BCUT2D eigenvalue weighted by atomic mass is 9.91. The number of rotatable bonds is 6. The molecule has 1 aliphatic rings. The highest BCUT2D eigenvalue weighted by Gasteiger charge is 2.25. The van der Waals surface area contributed by atoms with Gasteiger partial charge in [0.05, 0.1) is 5.60 Å². The Kier molecular flexibility index (Phi) is 5.77. The molecule has 1 heterocycles. The van der Waals surface area contributed by atoms with Gasteiger partial charge in [0, 0.05) is 6.54 Å². The minimum Gasteiger partial charge on any atom is -0.457 e. The number of para-hydroxylation sites is 1. The largest absolute Gasteiger partial charge is 0.457 e. The summed E-state index contributed by atoms with van der Waals surface area (Å²) in [5.41, 5.74) is 0.132. The van der Waals surface area contributed by atoms with E-state index in [-0.39, 0.29) is 0 Å². The lowest BCUT2D eigenvalue weighted by Gasteiger charge is -2.33. The normalized spacial score (nSPS) is 18.7. The summed E-state index contributed by atoms with van der Waals surface area (Å²) in [6.45, 7) is 7.49. The summed E-state index contributed by atoms with van der Waals surface area (Å²) in [5, 5.41) is 10.9. The average molecular weight is 339 g/mol. The van der Waals surface area contributed by atoms with Crippen molar-refractivity contribution < 1.29 is 9.84 Å². The number of aliphatic hydroxyl groups is 1. The summed E-state index contributed by atoms with van der Waals surface area (Å²) < 4.78 is 5.82. The van der Waals surface area contributed by atoms with E-state index in [9.17, 15) is 5.11 Å². The van der Waals surface area contributed by atoms with Crippen LogP contribution in [0.25, 0.3) is 0 Å². The molecular formula is C22H29NO2. The topological polar surface area (TPSA) is 32.7 Å². The summed E-state index contributed by atoms with van der Waals surface area (Å²) in [5.74, 6) is 2.45. The van der Waals surface area contributed by atoms with Crippen molar-refractivity contribution >= 4 is 0 Å². The quantitative estimate of drug-likeness (QED) is 0.820. The van der Waals surface area contributed by atoms with Gasteiger partial charge in [0.1, 0.15) is 11.5 Å². The van der Waals surface area contributed by atoms with Crippen molar-refractivity contribution in [1.82, 2.24) is 4.90 Å². The summed E-state index contributed by atoms with van der Waals surface area (Å²) in [7, 11) is 0. The van der Waals surface area contributed by atoms with Crippen LogP contribution in [0.1, 0.15) is 38.7 Å². The van der Waals surface area contributed by atoms with Gasteiger partial charge in [-0.25, -0.2) is 0 Å². The Bertz CT molecular complexity index is 643. The third-order valence-corrected chi connectivity index (χ3v) is 5.25. The zero-order valence-electron chi connectivity index (χ0n) is 15.3. The smallest absolute Gasteiger partial charge is 0.127 e. The third kappa shape index (κ3) is 5.07. The molecule has 1 atom stereocenters. The summed E-state index contributed by atoms with van der Waals surface area (Å²) >= 11 is 0. The Morgan fingerprint density at radius 1 is 1.00 bits per heavy atom. The first kappa shape index (κ1) is 18.0. The Labute approximate surface area is 151 Å². The van der Waals surface area contributed by atoms with Gasteiger partial charge < -0.3 is 14.7 Å². The zero-order chi connectivity index (χ0) is 17.7. The standard InChI is InChI=1S/C22H29NO2/c1-18-12-15-23(16-13-18)17-14-22(2,24)19-8-10-21(11-9-19)25-20-6-4-3-5-7-20/h3-11,18,24H,12-17H2,1-2H3. The Hall–Kier alpha value is -1.84. The van der Waals surface area contributed by atoms with E-state index in [1.54, 1.807) is 0 Å². The fourth-order valence-electron chi connectivity index (χ4n) is 3.31. The second-order valence-corrected chi connectivity index (χ2v) is 7.49. The molecule has 0 saturated carbocycles. The van der Waals surface area contributed by atoms with Crippen molar-refractivity contribution in [2.45, 2.75) is 38.7 Å². The van der Waals surface area contributed by atoms with E-state index >= 15 is 0 Å². The molecule has 2 aromatic rings. The van der Waals surface area contributed by atoms with Crippen LogP contribution in [0.5, 0.6) is 11.5 Å². The molecule has 1 N–H and O–H groups in total. The van der Waals surface area contributed by atoms with Crippen molar-refractivity contribution in [3.63, 3.8) is 0 Å². The second-order valence-electron chi connectivity index (χ2n) is 7.49. The van der Waals surface area contributed by atoms with E-state index in [1.165, 1.54) is 12.8 Å². The van der Waals surface area contributed by atoms with E-state index in [0.717, 1.165) is 49.0 Å². The number of hydrogen-bond acceptors (Lipinski definition) is 3. The number of benzene rings is 2. The van der Waals surface area contributed by atoms with Crippen LogP contribution in [0, 0.1) is 5.92 Å². The van der Waals surface area contributed by atoms with Crippen LogP contribution in [-0.2, 0) is 5.60 Å². The molecule has 0 aliphatic carbocycles. The predicted octanol–water partition coefficient (Wildman–Crippen LogP) is 4.81. The van der Waals surface area contributed by atoms with Gasteiger partial charge in [-0.1, -0.05) is 37.3 Å². The minimum atomic E-state index is -0.811. The Balaban J connectivity index is 1.56. The number of ether oxygens (including phenoxy) is 1. The van der Waals surface area contributed by atoms with E-state index in [0.29, 0.717) is 0 Å². The van der Waals surface area contributed by atoms with Crippen LogP contribution in [0.4, 0.5) is 0 Å². The van der Waals surface area contributed by atoms with Crippen molar-refractivity contribution in [2.75, 3.05) is 19.6 Å². The maximum Gasteiger partial charge on any atom is 0.127 e. The fraction of sp³-hybridized carbons (Fsp3) is 0.455. The van der Waals surface area contributed by atoms with Crippen molar-refractivity contribution in [3.8, 4) is 11.5 Å². The predicted molar refractivity (Wildman–Crippen MR) is 102 cm³/mol. The highest BCUT2D eigenvalue weighted by Crippen LogP contribution is 2.29. The van der Waals surface area contributed by atoms with Crippen LogP contribution in [0.2, 0.25) is 0 Å². The molecule has 0 spiro atoms. The minimum absolute atomic E-state index is 0.750. The molecule has 134 valence electrons. The third-order valence-electron chi connectivity index (χ3n) is 5.25. The molecule has 25 heavy (non-hydrogen) atoms. The van der Waals surface area contributed by atoms with Crippen LogP contribution < -0.4 is 4.74 Å². The molecule has 3 heteroatoms. The molecule has 1 saturated heterocycles.